The van der Waals surface area contributed by atoms with Crippen LogP contribution in [0.1, 0.15) is 43.4 Å². The van der Waals surface area contributed by atoms with Crippen LogP contribution in [-0.4, -0.2) is 40.2 Å². The Hall–Kier alpha value is -1.96. The van der Waals surface area contributed by atoms with Crippen molar-refractivity contribution in [1.29, 1.82) is 0 Å². The average molecular weight is 283 g/mol. The smallest absolute Gasteiger partial charge is 0.322 e. The van der Waals surface area contributed by atoms with Crippen molar-refractivity contribution < 1.29 is 9.72 Å². The number of carbonyl (C=O) groups is 1. The standard InChI is InChI=1S/C12H21N5O3/c1-4-6-9-11(17(19)20)10(16-15-9)12(18)14-7-8(3)13-5-2/h8,13H,4-7H2,1-3H3,(H,14,18)(H,15,16)/t8-/m1/s1. The molecular weight excluding hydrogens is 262 g/mol. The molecule has 112 valence electrons. The molecule has 0 spiro atoms. The predicted octanol–water partition coefficient (Wildman–Crippen LogP) is 0.998. The lowest BCUT2D eigenvalue weighted by molar-refractivity contribution is -0.385. The molecule has 3 N–H and O–H groups in total. The van der Waals surface area contributed by atoms with Gasteiger partial charge in [-0.15, -0.1) is 0 Å². The summed E-state index contributed by atoms with van der Waals surface area (Å²) in [7, 11) is 0. The Bertz CT molecular complexity index is 472. The summed E-state index contributed by atoms with van der Waals surface area (Å²) in [5.74, 6) is -0.528. The van der Waals surface area contributed by atoms with Gasteiger partial charge in [0.1, 0.15) is 5.69 Å². The number of nitro groups is 1. The van der Waals surface area contributed by atoms with Crippen molar-refractivity contribution in [3.05, 3.63) is 21.5 Å². The quantitative estimate of drug-likeness (QED) is 0.486. The Morgan fingerprint density at radius 2 is 2.20 bits per heavy atom. The van der Waals surface area contributed by atoms with Crippen LogP contribution in [0.25, 0.3) is 0 Å². The number of aromatic nitrogens is 2. The van der Waals surface area contributed by atoms with Gasteiger partial charge in [-0.05, 0) is 19.9 Å². The van der Waals surface area contributed by atoms with Crippen molar-refractivity contribution >= 4 is 11.6 Å². The van der Waals surface area contributed by atoms with Crippen LogP contribution in [-0.2, 0) is 6.42 Å². The number of aryl methyl sites for hydroxylation is 1. The summed E-state index contributed by atoms with van der Waals surface area (Å²) >= 11 is 0. The second-order valence-electron chi connectivity index (χ2n) is 4.58. The van der Waals surface area contributed by atoms with Crippen molar-refractivity contribution in [1.82, 2.24) is 20.8 Å². The molecule has 1 aromatic heterocycles. The van der Waals surface area contributed by atoms with Crippen molar-refractivity contribution in [3.8, 4) is 0 Å². The molecule has 1 aromatic rings. The zero-order chi connectivity index (χ0) is 15.1. The van der Waals surface area contributed by atoms with Gasteiger partial charge in [0.25, 0.3) is 5.91 Å². The summed E-state index contributed by atoms with van der Waals surface area (Å²) in [6.45, 7) is 6.97. The summed E-state index contributed by atoms with van der Waals surface area (Å²) in [4.78, 5) is 22.5. The molecule has 0 aliphatic carbocycles. The van der Waals surface area contributed by atoms with E-state index in [0.717, 1.165) is 13.0 Å². The van der Waals surface area contributed by atoms with Gasteiger partial charge in [-0.25, -0.2) is 0 Å². The van der Waals surface area contributed by atoms with Gasteiger partial charge < -0.3 is 10.6 Å². The maximum absolute atomic E-state index is 12.0. The number of hydrogen-bond donors (Lipinski definition) is 3. The minimum atomic E-state index is -0.558. The molecule has 0 saturated carbocycles. The normalized spacial score (nSPS) is 12.2. The van der Waals surface area contributed by atoms with E-state index in [9.17, 15) is 14.9 Å². The molecule has 1 heterocycles. The number of hydrogen-bond acceptors (Lipinski definition) is 5. The fraction of sp³-hybridized carbons (Fsp3) is 0.667. The van der Waals surface area contributed by atoms with E-state index >= 15 is 0 Å². The van der Waals surface area contributed by atoms with E-state index < -0.39 is 10.8 Å². The third kappa shape index (κ3) is 4.02. The Morgan fingerprint density at radius 3 is 2.75 bits per heavy atom. The summed E-state index contributed by atoms with van der Waals surface area (Å²) in [6.07, 6.45) is 1.23. The first-order chi connectivity index (χ1) is 9.51. The van der Waals surface area contributed by atoms with E-state index in [4.69, 9.17) is 0 Å². The number of H-pyrrole nitrogens is 1. The molecule has 0 saturated heterocycles. The first kappa shape index (κ1) is 16.1. The van der Waals surface area contributed by atoms with E-state index in [0.29, 0.717) is 18.7 Å². The first-order valence-corrected chi connectivity index (χ1v) is 6.74. The minimum absolute atomic E-state index is 0.0945. The molecule has 8 heteroatoms. The number of nitrogens with one attached hydrogen (secondary N) is 3. The maximum atomic E-state index is 12.0. The van der Waals surface area contributed by atoms with Gasteiger partial charge >= 0.3 is 5.69 Å². The van der Waals surface area contributed by atoms with Crippen LogP contribution in [0.2, 0.25) is 0 Å². The van der Waals surface area contributed by atoms with Crippen LogP contribution in [0.3, 0.4) is 0 Å². The van der Waals surface area contributed by atoms with E-state index in [1.807, 2.05) is 20.8 Å². The topological polar surface area (TPSA) is 113 Å². The van der Waals surface area contributed by atoms with E-state index in [1.54, 1.807) is 0 Å². The summed E-state index contributed by atoms with van der Waals surface area (Å²) < 4.78 is 0. The molecule has 0 radical (unpaired) electrons. The van der Waals surface area contributed by atoms with Crippen LogP contribution in [0.5, 0.6) is 0 Å². The van der Waals surface area contributed by atoms with Crippen LogP contribution in [0, 0.1) is 10.1 Å². The number of nitrogens with zero attached hydrogens (tertiary/aromatic N) is 2. The summed E-state index contributed by atoms with van der Waals surface area (Å²) in [5.41, 5.74) is 0.0185. The minimum Gasteiger partial charge on any atom is -0.349 e. The van der Waals surface area contributed by atoms with E-state index in [1.165, 1.54) is 0 Å². The molecule has 20 heavy (non-hydrogen) atoms. The molecule has 0 aliphatic heterocycles. The Morgan fingerprint density at radius 1 is 1.50 bits per heavy atom. The Labute approximate surface area is 117 Å². The molecule has 0 aliphatic rings. The van der Waals surface area contributed by atoms with Gasteiger partial charge in [0.15, 0.2) is 0 Å². The average Bonchev–Trinajstić information content (AvgIpc) is 2.81. The number of likely N-dealkylation sites (N-methyl/N-ethyl adjacent to an activating group) is 1. The van der Waals surface area contributed by atoms with Crippen molar-refractivity contribution in [2.24, 2.45) is 0 Å². The highest BCUT2D eigenvalue weighted by molar-refractivity contribution is 5.96. The van der Waals surface area contributed by atoms with Gasteiger partial charge in [-0.2, -0.15) is 5.10 Å². The molecule has 0 fully saturated rings. The lowest BCUT2D eigenvalue weighted by Gasteiger charge is -2.12. The second-order valence-corrected chi connectivity index (χ2v) is 4.58. The molecule has 1 amide bonds. The van der Waals surface area contributed by atoms with Crippen LogP contribution < -0.4 is 10.6 Å². The van der Waals surface area contributed by atoms with Gasteiger partial charge in [0.05, 0.1) is 4.92 Å². The van der Waals surface area contributed by atoms with E-state index in [2.05, 4.69) is 20.8 Å². The molecule has 0 bridgehead atoms. The highest BCUT2D eigenvalue weighted by atomic mass is 16.6. The predicted molar refractivity (Wildman–Crippen MR) is 74.7 cm³/mol. The van der Waals surface area contributed by atoms with E-state index in [-0.39, 0.29) is 17.4 Å². The zero-order valence-electron chi connectivity index (χ0n) is 12.0. The Balaban J connectivity index is 2.80. The molecule has 1 atom stereocenters. The number of amides is 1. The fourth-order valence-electron chi connectivity index (χ4n) is 1.90. The zero-order valence-corrected chi connectivity index (χ0v) is 12.0. The molecule has 0 unspecified atom stereocenters. The van der Waals surface area contributed by atoms with Gasteiger partial charge in [0, 0.05) is 12.6 Å². The summed E-state index contributed by atoms with van der Waals surface area (Å²) in [6, 6.07) is 0.0945. The van der Waals surface area contributed by atoms with Crippen molar-refractivity contribution in [3.63, 3.8) is 0 Å². The summed E-state index contributed by atoms with van der Waals surface area (Å²) in [5, 5.41) is 23.2. The highest BCUT2D eigenvalue weighted by Crippen LogP contribution is 2.22. The lowest BCUT2D eigenvalue weighted by Crippen LogP contribution is -2.39. The third-order valence-electron chi connectivity index (χ3n) is 2.83. The lowest BCUT2D eigenvalue weighted by atomic mass is 10.2. The number of rotatable bonds is 8. The SMILES string of the molecule is CCCc1[nH]nc(C(=O)NC[C@@H](C)NCC)c1[N+](=O)[O-]. The second kappa shape index (κ2) is 7.59. The van der Waals surface area contributed by atoms with Gasteiger partial charge in [0.2, 0.25) is 5.69 Å². The maximum Gasteiger partial charge on any atom is 0.322 e. The highest BCUT2D eigenvalue weighted by Gasteiger charge is 2.28. The first-order valence-electron chi connectivity index (χ1n) is 6.74. The number of aromatic amines is 1. The van der Waals surface area contributed by atoms with Gasteiger partial charge in [-0.1, -0.05) is 20.3 Å². The van der Waals surface area contributed by atoms with Crippen LogP contribution in [0.15, 0.2) is 0 Å². The molecule has 8 nitrogen and oxygen atoms in total. The van der Waals surface area contributed by atoms with Crippen LogP contribution >= 0.6 is 0 Å². The number of carbonyl (C=O) groups excluding carboxylic acids is 1. The monoisotopic (exact) mass is 283 g/mol. The van der Waals surface area contributed by atoms with Gasteiger partial charge in [-0.3, -0.25) is 20.0 Å². The van der Waals surface area contributed by atoms with Crippen molar-refractivity contribution in [2.45, 2.75) is 39.7 Å². The van der Waals surface area contributed by atoms with Crippen molar-refractivity contribution in [2.75, 3.05) is 13.1 Å². The largest absolute Gasteiger partial charge is 0.349 e. The fourth-order valence-corrected chi connectivity index (χ4v) is 1.90. The molecule has 1 rings (SSSR count). The molecular formula is C12H21N5O3. The van der Waals surface area contributed by atoms with Crippen LogP contribution in [0.4, 0.5) is 5.69 Å². The molecule has 0 aromatic carbocycles. The third-order valence-corrected chi connectivity index (χ3v) is 2.83. The Kier molecular flexibility index (Phi) is 6.10.